The zero-order valence-electron chi connectivity index (χ0n) is 10.5. The SMILES string of the molecule is C=Cc1c2[nH]c3ccccc3c2c(OC)c[n+]1C. The number of nitrogens with zero attached hydrogens (tertiary/aromatic N) is 1. The second kappa shape index (κ2) is 3.88. The van der Waals surface area contributed by atoms with Crippen molar-refractivity contribution in [3.63, 3.8) is 0 Å². The van der Waals surface area contributed by atoms with Crippen LogP contribution in [0.25, 0.3) is 27.9 Å². The predicted octanol–water partition coefficient (Wildman–Crippen LogP) is 2.80. The standard InChI is InChI=1S/C15H14N2O/c1-4-12-15-14(13(18-3)9-17(12)2)10-7-5-6-8-11(10)16-15/h4-9H,1H2,2-3H3/p+1. The molecule has 18 heavy (non-hydrogen) atoms. The second-order valence-electron chi connectivity index (χ2n) is 4.32. The Morgan fingerprint density at radius 3 is 2.83 bits per heavy atom. The van der Waals surface area contributed by atoms with E-state index >= 15 is 0 Å². The van der Waals surface area contributed by atoms with Crippen LogP contribution in [-0.4, -0.2) is 12.1 Å². The van der Waals surface area contributed by atoms with E-state index in [1.54, 1.807) is 7.11 Å². The molecule has 2 heterocycles. The monoisotopic (exact) mass is 239 g/mol. The number of fused-ring (bicyclic) bond motifs is 3. The zero-order valence-corrected chi connectivity index (χ0v) is 10.5. The van der Waals surface area contributed by atoms with Crippen LogP contribution in [0.3, 0.4) is 0 Å². The second-order valence-corrected chi connectivity index (χ2v) is 4.32. The van der Waals surface area contributed by atoms with Gasteiger partial charge in [0.25, 0.3) is 0 Å². The van der Waals surface area contributed by atoms with E-state index in [0.29, 0.717) is 0 Å². The molecule has 3 aromatic rings. The third-order valence-corrected chi connectivity index (χ3v) is 3.31. The maximum absolute atomic E-state index is 5.50. The van der Waals surface area contributed by atoms with Gasteiger partial charge in [0.1, 0.15) is 12.6 Å². The summed E-state index contributed by atoms with van der Waals surface area (Å²) < 4.78 is 7.52. The summed E-state index contributed by atoms with van der Waals surface area (Å²) in [6.45, 7) is 3.89. The molecule has 2 aromatic heterocycles. The summed E-state index contributed by atoms with van der Waals surface area (Å²) in [5.41, 5.74) is 3.23. The van der Waals surface area contributed by atoms with Gasteiger partial charge in [-0.25, -0.2) is 0 Å². The van der Waals surface area contributed by atoms with Gasteiger partial charge in [-0.3, -0.25) is 0 Å². The van der Waals surface area contributed by atoms with Gasteiger partial charge in [-0.2, -0.15) is 4.57 Å². The van der Waals surface area contributed by atoms with Crippen molar-refractivity contribution >= 4 is 27.9 Å². The Morgan fingerprint density at radius 1 is 1.33 bits per heavy atom. The fraction of sp³-hybridized carbons (Fsp3) is 0.133. The van der Waals surface area contributed by atoms with Crippen LogP contribution in [0.15, 0.2) is 37.0 Å². The normalized spacial score (nSPS) is 11.0. The van der Waals surface area contributed by atoms with Crippen molar-refractivity contribution < 1.29 is 9.30 Å². The summed E-state index contributed by atoms with van der Waals surface area (Å²) in [6, 6.07) is 8.23. The van der Waals surface area contributed by atoms with E-state index in [2.05, 4.69) is 23.7 Å². The average molecular weight is 239 g/mol. The summed E-state index contributed by atoms with van der Waals surface area (Å²) in [6.07, 6.45) is 3.84. The van der Waals surface area contributed by atoms with E-state index < -0.39 is 0 Å². The fourth-order valence-electron chi connectivity index (χ4n) is 2.48. The molecule has 0 saturated heterocycles. The lowest BCUT2D eigenvalue weighted by Crippen LogP contribution is -2.31. The fourth-order valence-corrected chi connectivity index (χ4v) is 2.48. The maximum atomic E-state index is 5.50. The molecule has 0 radical (unpaired) electrons. The molecule has 0 amide bonds. The van der Waals surface area contributed by atoms with Crippen molar-refractivity contribution in [1.82, 2.24) is 4.98 Å². The van der Waals surface area contributed by atoms with E-state index in [0.717, 1.165) is 27.9 Å². The molecule has 0 atom stereocenters. The molecule has 3 rings (SSSR count). The summed E-state index contributed by atoms with van der Waals surface area (Å²) >= 11 is 0. The van der Waals surface area contributed by atoms with Crippen LogP contribution >= 0.6 is 0 Å². The number of aryl methyl sites for hydroxylation is 1. The van der Waals surface area contributed by atoms with Crippen molar-refractivity contribution in [2.45, 2.75) is 0 Å². The highest BCUT2D eigenvalue weighted by Crippen LogP contribution is 2.33. The third kappa shape index (κ3) is 1.34. The topological polar surface area (TPSA) is 28.9 Å². The Bertz CT molecular complexity index is 756. The number of para-hydroxylation sites is 1. The molecule has 1 N–H and O–H groups in total. The van der Waals surface area contributed by atoms with E-state index in [-0.39, 0.29) is 0 Å². The Kier molecular flexibility index (Phi) is 2.33. The van der Waals surface area contributed by atoms with E-state index in [4.69, 9.17) is 4.74 Å². The lowest BCUT2D eigenvalue weighted by Gasteiger charge is -2.03. The first-order valence-electron chi connectivity index (χ1n) is 5.85. The van der Waals surface area contributed by atoms with Gasteiger partial charge in [-0.05, 0) is 6.07 Å². The summed E-state index contributed by atoms with van der Waals surface area (Å²) in [5.74, 6) is 0.871. The maximum Gasteiger partial charge on any atom is 0.229 e. The van der Waals surface area contributed by atoms with Gasteiger partial charge in [-0.1, -0.05) is 24.8 Å². The Labute approximate surface area is 105 Å². The van der Waals surface area contributed by atoms with E-state index in [1.807, 2.05) is 36.0 Å². The molecule has 0 saturated carbocycles. The molecule has 0 aliphatic rings. The van der Waals surface area contributed by atoms with Crippen LogP contribution in [-0.2, 0) is 7.05 Å². The molecule has 0 aliphatic carbocycles. The number of nitrogens with one attached hydrogen (secondary N) is 1. The molecular weight excluding hydrogens is 224 g/mol. The number of aromatic amines is 1. The van der Waals surface area contributed by atoms with Crippen molar-refractivity contribution in [2.75, 3.05) is 7.11 Å². The molecule has 3 heteroatoms. The van der Waals surface area contributed by atoms with Gasteiger partial charge >= 0.3 is 0 Å². The van der Waals surface area contributed by atoms with Crippen LogP contribution in [0, 0.1) is 0 Å². The number of hydrogen-bond acceptors (Lipinski definition) is 1. The van der Waals surface area contributed by atoms with Crippen LogP contribution in [0.2, 0.25) is 0 Å². The number of pyridine rings is 1. The first kappa shape index (κ1) is 10.8. The van der Waals surface area contributed by atoms with Crippen molar-refractivity contribution in [1.29, 1.82) is 0 Å². The lowest BCUT2D eigenvalue weighted by atomic mass is 10.1. The first-order chi connectivity index (χ1) is 8.76. The number of aromatic nitrogens is 2. The van der Waals surface area contributed by atoms with E-state index in [9.17, 15) is 0 Å². The van der Waals surface area contributed by atoms with Crippen LogP contribution in [0.1, 0.15) is 5.69 Å². The molecule has 0 bridgehead atoms. The highest BCUT2D eigenvalue weighted by Gasteiger charge is 2.19. The Hall–Kier alpha value is -2.29. The zero-order chi connectivity index (χ0) is 12.7. The number of hydrogen-bond donors (Lipinski definition) is 1. The quantitative estimate of drug-likeness (QED) is 0.684. The minimum atomic E-state index is 0.871. The minimum absolute atomic E-state index is 0.871. The summed E-state index contributed by atoms with van der Waals surface area (Å²) in [4.78, 5) is 3.44. The largest absolute Gasteiger partial charge is 0.490 e. The Balaban J connectivity index is 2.60. The number of methoxy groups -OCH3 is 1. The van der Waals surface area contributed by atoms with Crippen LogP contribution in [0.4, 0.5) is 0 Å². The van der Waals surface area contributed by atoms with Crippen LogP contribution in [0.5, 0.6) is 5.75 Å². The number of rotatable bonds is 2. The van der Waals surface area contributed by atoms with Gasteiger partial charge in [0, 0.05) is 17.0 Å². The molecule has 0 aliphatic heterocycles. The van der Waals surface area contributed by atoms with E-state index in [1.165, 1.54) is 5.39 Å². The molecule has 0 fully saturated rings. The van der Waals surface area contributed by atoms with Crippen molar-refractivity contribution in [3.05, 3.63) is 42.7 Å². The number of H-pyrrole nitrogens is 1. The van der Waals surface area contributed by atoms with Gasteiger partial charge in [0.05, 0.1) is 12.5 Å². The average Bonchev–Trinajstić information content (AvgIpc) is 2.77. The first-order valence-corrected chi connectivity index (χ1v) is 5.85. The molecule has 3 nitrogen and oxygen atoms in total. The molecule has 90 valence electrons. The van der Waals surface area contributed by atoms with Gasteiger partial charge in [0.15, 0.2) is 5.75 Å². The van der Waals surface area contributed by atoms with Gasteiger partial charge in [-0.15, -0.1) is 0 Å². The molecular formula is C15H15N2O+. The highest BCUT2D eigenvalue weighted by molar-refractivity contribution is 6.11. The summed E-state index contributed by atoms with van der Waals surface area (Å²) in [7, 11) is 3.69. The molecule has 1 aromatic carbocycles. The van der Waals surface area contributed by atoms with Crippen LogP contribution < -0.4 is 9.30 Å². The third-order valence-electron chi connectivity index (χ3n) is 3.31. The number of ether oxygens (including phenoxy) is 1. The molecule has 0 unspecified atom stereocenters. The van der Waals surface area contributed by atoms with Crippen molar-refractivity contribution in [2.24, 2.45) is 7.05 Å². The number of benzene rings is 1. The smallest absolute Gasteiger partial charge is 0.229 e. The Morgan fingerprint density at radius 2 is 2.11 bits per heavy atom. The summed E-state index contributed by atoms with van der Waals surface area (Å²) in [5, 5.41) is 2.29. The predicted molar refractivity (Wildman–Crippen MR) is 73.6 cm³/mol. The van der Waals surface area contributed by atoms with Crippen molar-refractivity contribution in [3.8, 4) is 5.75 Å². The lowest BCUT2D eigenvalue weighted by molar-refractivity contribution is -0.672. The van der Waals surface area contributed by atoms with Gasteiger partial charge in [0.2, 0.25) is 11.9 Å². The molecule has 0 spiro atoms. The minimum Gasteiger partial charge on any atom is -0.490 e. The van der Waals surface area contributed by atoms with Gasteiger partial charge < -0.3 is 9.72 Å². The highest BCUT2D eigenvalue weighted by atomic mass is 16.5.